The second-order valence-corrected chi connectivity index (χ2v) is 1.25. The summed E-state index contributed by atoms with van der Waals surface area (Å²) in [5, 5.41) is 0. The Bertz CT molecular complexity index is 62.8. The minimum absolute atomic E-state index is 0. The number of hydrogen-bond acceptors (Lipinski definition) is 3. The van der Waals surface area contributed by atoms with Crippen LogP contribution in [0.5, 0.6) is 0 Å². The van der Waals surface area contributed by atoms with E-state index in [2.05, 4.69) is 0 Å². The van der Waals surface area contributed by atoms with Crippen LogP contribution in [-0.2, 0) is 4.57 Å². The SMILES string of the molecule is FP(F)F.O.O=[P+]([O-])[O-].[Ca+2]. The second kappa shape index (κ2) is 16.8. The molecule has 10 heavy (non-hydrogen) atoms. The smallest absolute Gasteiger partial charge is 0.598 e. The fourth-order valence-electron chi connectivity index (χ4n) is 0. The van der Waals surface area contributed by atoms with Crippen LogP contribution in [-0.4, -0.2) is 43.2 Å². The summed E-state index contributed by atoms with van der Waals surface area (Å²) in [5.74, 6) is 0. The van der Waals surface area contributed by atoms with Crippen molar-refractivity contribution < 1.29 is 32.4 Å². The van der Waals surface area contributed by atoms with Gasteiger partial charge in [-0.05, 0) is 0 Å². The molecule has 2 N–H and O–H groups in total. The normalized spacial score (nSPS) is 6.20. The van der Waals surface area contributed by atoms with E-state index < -0.39 is 17.1 Å². The Kier molecular flexibility index (Phi) is 37.9. The van der Waals surface area contributed by atoms with Gasteiger partial charge in [-0.25, -0.2) is 0 Å². The molecule has 0 rings (SSSR count). The number of hydrogen-bond donors (Lipinski definition) is 0. The van der Waals surface area contributed by atoms with E-state index in [0.717, 1.165) is 0 Å². The zero-order valence-corrected chi connectivity index (χ0v) is 8.46. The quantitative estimate of drug-likeness (QED) is 0.402. The number of halogens is 3. The van der Waals surface area contributed by atoms with Crippen LogP contribution >= 0.6 is 17.1 Å². The van der Waals surface area contributed by atoms with E-state index in [0.29, 0.717) is 0 Å². The topological polar surface area (TPSA) is 94.7 Å². The third kappa shape index (κ3) is 318. The molecule has 0 radical (unpaired) electrons. The maximum Gasteiger partial charge on any atom is 2.00 e. The van der Waals surface area contributed by atoms with Gasteiger partial charge < -0.3 is 15.3 Å². The van der Waals surface area contributed by atoms with Gasteiger partial charge in [0.05, 0.1) is 0 Å². The van der Waals surface area contributed by atoms with Crippen LogP contribution in [0.2, 0.25) is 0 Å². The summed E-state index contributed by atoms with van der Waals surface area (Å²) >= 11 is 0. The van der Waals surface area contributed by atoms with Crippen molar-refractivity contribution in [3.8, 4) is 0 Å². The van der Waals surface area contributed by atoms with Crippen LogP contribution in [0.3, 0.4) is 0 Å². The molecule has 0 aliphatic heterocycles. The third-order valence-electron chi connectivity index (χ3n) is 0. The van der Waals surface area contributed by atoms with E-state index in [-0.39, 0.29) is 43.2 Å². The van der Waals surface area contributed by atoms with E-state index in [1.165, 1.54) is 0 Å². The monoisotopic (exact) mass is 225 g/mol. The Balaban J connectivity index is -0.0000000300. The standard InChI is InChI=1S/Ca.F3P.HO3P.H2O/c;2*1-4(2)3;/h;;(H,1,2,3);1H2/q+2;;;/p-1. The van der Waals surface area contributed by atoms with E-state index in [1.54, 1.807) is 0 Å². The molecular formula is H2CaF3O4P2+. The molecule has 0 amide bonds. The summed E-state index contributed by atoms with van der Waals surface area (Å²) in [4.78, 5) is 17.0. The van der Waals surface area contributed by atoms with Gasteiger partial charge in [-0.3, -0.25) is 0 Å². The van der Waals surface area contributed by atoms with Gasteiger partial charge in [0.1, 0.15) is 0 Å². The van der Waals surface area contributed by atoms with Gasteiger partial charge in [-0.1, -0.05) is 4.57 Å². The van der Waals surface area contributed by atoms with E-state index >= 15 is 0 Å². The van der Waals surface area contributed by atoms with Crippen molar-refractivity contribution in [2.45, 2.75) is 0 Å². The Morgan fingerprint density at radius 1 is 1.20 bits per heavy atom. The fourth-order valence-corrected chi connectivity index (χ4v) is 0. The molecule has 0 spiro atoms. The van der Waals surface area contributed by atoms with Crippen molar-refractivity contribution in [1.29, 1.82) is 0 Å². The van der Waals surface area contributed by atoms with Gasteiger partial charge in [0.25, 0.3) is 8.25 Å². The van der Waals surface area contributed by atoms with Crippen molar-refractivity contribution in [2.75, 3.05) is 0 Å². The molecule has 0 aromatic carbocycles. The first-order valence-corrected chi connectivity index (χ1v) is 3.16. The molecule has 0 heterocycles. The molecule has 0 aromatic heterocycles. The Morgan fingerprint density at radius 3 is 1.20 bits per heavy atom. The van der Waals surface area contributed by atoms with Crippen LogP contribution in [0, 0.1) is 0 Å². The van der Waals surface area contributed by atoms with Gasteiger partial charge in [0.15, 0.2) is 0 Å². The summed E-state index contributed by atoms with van der Waals surface area (Å²) in [6, 6.07) is 0. The van der Waals surface area contributed by atoms with Gasteiger partial charge in [0, 0.05) is 0 Å². The summed E-state index contributed by atoms with van der Waals surface area (Å²) in [6.07, 6.45) is 0. The van der Waals surface area contributed by atoms with Crippen LogP contribution in [0.4, 0.5) is 12.6 Å². The average molecular weight is 225 g/mol. The molecule has 0 bridgehead atoms. The summed E-state index contributed by atoms with van der Waals surface area (Å²) < 4.78 is 37.7. The van der Waals surface area contributed by atoms with Gasteiger partial charge in [-0.15, -0.1) is 0 Å². The first-order valence-electron chi connectivity index (χ1n) is 1.05. The molecule has 58 valence electrons. The number of rotatable bonds is 0. The Morgan fingerprint density at radius 2 is 1.20 bits per heavy atom. The van der Waals surface area contributed by atoms with Crippen LogP contribution < -0.4 is 9.79 Å². The van der Waals surface area contributed by atoms with Crippen LogP contribution in [0.15, 0.2) is 0 Å². The predicted octanol–water partition coefficient (Wildman–Crippen LogP) is -0.719. The molecule has 0 aliphatic carbocycles. The maximum absolute atomic E-state index is 9.73. The zero-order valence-electron chi connectivity index (χ0n) is 4.46. The molecule has 0 saturated heterocycles. The van der Waals surface area contributed by atoms with Crippen molar-refractivity contribution in [3.05, 3.63) is 0 Å². The molecule has 0 saturated carbocycles. The van der Waals surface area contributed by atoms with E-state index in [1.807, 2.05) is 0 Å². The Labute approximate surface area is 86.8 Å². The minimum atomic E-state index is -4.12. The molecular weight excluding hydrogens is 223 g/mol. The van der Waals surface area contributed by atoms with Crippen LogP contribution in [0.25, 0.3) is 0 Å². The first kappa shape index (κ1) is 22.5. The van der Waals surface area contributed by atoms with Gasteiger partial charge in [0.2, 0.25) is 0 Å². The second-order valence-electron chi connectivity index (χ2n) is 0.415. The molecule has 0 aromatic rings. The van der Waals surface area contributed by atoms with Gasteiger partial charge >= 0.3 is 46.6 Å². The third-order valence-corrected chi connectivity index (χ3v) is 0. The van der Waals surface area contributed by atoms with E-state index in [9.17, 15) is 12.6 Å². The largest absolute Gasteiger partial charge is 2.00 e. The predicted molar refractivity (Wildman–Crippen MR) is 27.2 cm³/mol. The minimum Gasteiger partial charge on any atom is -0.598 e. The molecule has 0 unspecified atom stereocenters. The fraction of sp³-hybridized carbons (Fsp3) is 0. The zero-order chi connectivity index (χ0) is 7.15. The van der Waals surface area contributed by atoms with Crippen molar-refractivity contribution >= 4 is 54.8 Å². The van der Waals surface area contributed by atoms with Crippen molar-refractivity contribution in [3.63, 3.8) is 0 Å². The Hall–Kier alpha value is 1.46. The summed E-state index contributed by atoms with van der Waals surface area (Å²) in [5.41, 5.74) is 0. The van der Waals surface area contributed by atoms with Crippen molar-refractivity contribution in [1.82, 2.24) is 0 Å². The van der Waals surface area contributed by atoms with Crippen molar-refractivity contribution in [2.24, 2.45) is 0 Å². The summed E-state index contributed by atoms with van der Waals surface area (Å²) in [6.45, 7) is 0. The molecule has 10 heteroatoms. The van der Waals surface area contributed by atoms with Gasteiger partial charge in [-0.2, -0.15) is 12.6 Å². The summed E-state index contributed by atoms with van der Waals surface area (Å²) in [7, 11) is -7.49. The molecule has 4 nitrogen and oxygen atoms in total. The molecule has 0 aliphatic rings. The van der Waals surface area contributed by atoms with Crippen LogP contribution in [0.1, 0.15) is 0 Å². The maximum atomic E-state index is 9.73. The van der Waals surface area contributed by atoms with E-state index in [4.69, 9.17) is 14.4 Å². The average Bonchev–Trinajstić information content (AvgIpc) is 1.25. The first-order chi connectivity index (χ1) is 3.46. The molecule has 0 fully saturated rings. The molecule has 0 atom stereocenters.